The van der Waals surface area contributed by atoms with Gasteiger partial charge in [-0.05, 0) is 34.9 Å². The maximum atomic E-state index is 11.5. The van der Waals surface area contributed by atoms with Crippen LogP contribution < -0.4 is 0 Å². The Morgan fingerprint density at radius 2 is 1.59 bits per heavy atom. The molecule has 4 nitrogen and oxygen atoms in total. The number of benzene rings is 3. The van der Waals surface area contributed by atoms with Crippen LogP contribution in [0.3, 0.4) is 0 Å². The minimum absolute atomic E-state index is 0.0835. The lowest BCUT2D eigenvalue weighted by Gasteiger charge is -2.13. The molecule has 0 aliphatic heterocycles. The minimum Gasteiger partial charge on any atom is -0.282 e. The van der Waals surface area contributed by atoms with Crippen LogP contribution in [0.4, 0.5) is 0 Å². The molecule has 0 unspecified atom stereocenters. The van der Waals surface area contributed by atoms with Crippen molar-refractivity contribution in [2.45, 2.75) is 11.3 Å². The summed E-state index contributed by atoms with van der Waals surface area (Å²) in [5, 5.41) is 1.06. The summed E-state index contributed by atoms with van der Waals surface area (Å²) >= 11 is 0. The van der Waals surface area contributed by atoms with Crippen molar-refractivity contribution in [1.82, 2.24) is 4.98 Å². The van der Waals surface area contributed by atoms with Crippen molar-refractivity contribution in [2.24, 2.45) is 0 Å². The Balaban J connectivity index is 1.86. The second kappa shape index (κ2) is 5.74. The summed E-state index contributed by atoms with van der Waals surface area (Å²) in [4.78, 5) is 4.75. The Labute approximate surface area is 156 Å². The predicted octanol–water partition coefficient (Wildman–Crippen LogP) is 4.72. The van der Waals surface area contributed by atoms with E-state index in [-0.39, 0.29) is 4.90 Å². The zero-order valence-electron chi connectivity index (χ0n) is 14.3. The number of rotatable bonds is 2. The number of hydrogen-bond donors (Lipinski definition) is 1. The van der Waals surface area contributed by atoms with Gasteiger partial charge in [0.2, 0.25) is 0 Å². The fourth-order valence-corrected chi connectivity index (χ4v) is 4.42. The van der Waals surface area contributed by atoms with Crippen LogP contribution in [0.25, 0.3) is 33.2 Å². The maximum absolute atomic E-state index is 11.5. The van der Waals surface area contributed by atoms with Gasteiger partial charge in [-0.15, -0.1) is 0 Å². The molecule has 3 aromatic carbocycles. The van der Waals surface area contributed by atoms with Crippen LogP contribution in [0.5, 0.6) is 0 Å². The highest BCUT2D eigenvalue weighted by Crippen LogP contribution is 2.45. The van der Waals surface area contributed by atoms with Crippen molar-refractivity contribution in [2.75, 3.05) is 0 Å². The average molecular weight is 373 g/mol. The molecule has 27 heavy (non-hydrogen) atoms. The van der Waals surface area contributed by atoms with Crippen molar-refractivity contribution in [1.29, 1.82) is 0 Å². The topological polar surface area (TPSA) is 67.3 Å². The molecule has 5 heteroatoms. The first-order valence-corrected chi connectivity index (χ1v) is 10.0. The molecule has 1 aromatic heterocycles. The summed E-state index contributed by atoms with van der Waals surface area (Å²) in [6, 6.07) is 23.0. The first-order chi connectivity index (χ1) is 13.0. The number of aromatic nitrogens is 1. The van der Waals surface area contributed by atoms with E-state index in [1.165, 1.54) is 6.07 Å². The van der Waals surface area contributed by atoms with Gasteiger partial charge in [-0.1, -0.05) is 54.6 Å². The number of para-hydroxylation sites is 1. The Kier molecular flexibility index (Phi) is 3.44. The zero-order chi connectivity index (χ0) is 18.6. The predicted molar refractivity (Wildman–Crippen MR) is 105 cm³/mol. The SMILES string of the molecule is O=S(=O)(O)c1ccc2c(c1)Cc1nc3ccccc3c(-c3ccccc3)c1-2. The van der Waals surface area contributed by atoms with Gasteiger partial charge < -0.3 is 0 Å². The van der Waals surface area contributed by atoms with E-state index in [0.717, 1.165) is 44.4 Å². The van der Waals surface area contributed by atoms with Crippen LogP contribution in [-0.2, 0) is 16.5 Å². The van der Waals surface area contributed by atoms with E-state index >= 15 is 0 Å². The molecule has 0 spiro atoms. The zero-order valence-corrected chi connectivity index (χ0v) is 15.1. The molecule has 5 rings (SSSR count). The third-order valence-electron chi connectivity index (χ3n) is 5.03. The molecule has 0 atom stereocenters. The Hall–Kier alpha value is -3.02. The molecule has 0 amide bonds. The normalized spacial score (nSPS) is 12.8. The molecule has 0 saturated heterocycles. The highest BCUT2D eigenvalue weighted by Gasteiger charge is 2.27. The fourth-order valence-electron chi connectivity index (χ4n) is 3.89. The lowest BCUT2D eigenvalue weighted by atomic mass is 9.92. The van der Waals surface area contributed by atoms with E-state index in [2.05, 4.69) is 18.2 Å². The minimum atomic E-state index is -4.23. The van der Waals surface area contributed by atoms with Gasteiger partial charge in [0.15, 0.2) is 0 Å². The Morgan fingerprint density at radius 1 is 0.852 bits per heavy atom. The smallest absolute Gasteiger partial charge is 0.282 e. The number of nitrogens with zero attached hydrogens (tertiary/aromatic N) is 1. The summed E-state index contributed by atoms with van der Waals surface area (Å²) in [5.74, 6) is 0. The van der Waals surface area contributed by atoms with Crippen LogP contribution >= 0.6 is 0 Å². The van der Waals surface area contributed by atoms with Crippen LogP contribution in [0.1, 0.15) is 11.3 Å². The second-order valence-electron chi connectivity index (χ2n) is 6.66. The number of fused-ring (bicyclic) bond motifs is 4. The van der Waals surface area contributed by atoms with Crippen LogP contribution in [0.2, 0.25) is 0 Å². The third kappa shape index (κ3) is 2.55. The van der Waals surface area contributed by atoms with Gasteiger partial charge in [0, 0.05) is 22.9 Å². The standard InChI is InChI=1S/C22H15NO3S/c24-27(25,26)16-10-11-17-15(12-16)13-20-22(17)21(14-6-2-1-3-7-14)18-8-4-5-9-19(18)23-20/h1-12H,13H2,(H,24,25,26). The van der Waals surface area contributed by atoms with E-state index in [1.807, 2.05) is 36.4 Å². The maximum Gasteiger partial charge on any atom is 0.294 e. The van der Waals surface area contributed by atoms with Crippen molar-refractivity contribution >= 4 is 21.0 Å². The number of hydrogen-bond acceptors (Lipinski definition) is 3. The molecule has 132 valence electrons. The van der Waals surface area contributed by atoms with Gasteiger partial charge >= 0.3 is 0 Å². The molecule has 0 bridgehead atoms. The first-order valence-electron chi connectivity index (χ1n) is 8.60. The summed E-state index contributed by atoms with van der Waals surface area (Å²) in [7, 11) is -4.23. The van der Waals surface area contributed by atoms with Gasteiger partial charge in [-0.3, -0.25) is 9.54 Å². The van der Waals surface area contributed by atoms with Gasteiger partial charge in [0.25, 0.3) is 10.1 Å². The molecule has 1 aliphatic rings. The first kappa shape index (κ1) is 16.2. The van der Waals surface area contributed by atoms with E-state index in [4.69, 9.17) is 4.98 Å². The van der Waals surface area contributed by atoms with E-state index in [9.17, 15) is 13.0 Å². The van der Waals surface area contributed by atoms with Crippen LogP contribution in [0, 0.1) is 0 Å². The molecule has 1 aliphatic carbocycles. The highest BCUT2D eigenvalue weighted by atomic mass is 32.2. The van der Waals surface area contributed by atoms with Crippen molar-refractivity contribution in [3.05, 3.63) is 84.1 Å². The summed E-state index contributed by atoms with van der Waals surface area (Å²) in [6.45, 7) is 0. The molecular formula is C22H15NO3S. The highest BCUT2D eigenvalue weighted by molar-refractivity contribution is 7.85. The van der Waals surface area contributed by atoms with Gasteiger partial charge in [-0.2, -0.15) is 8.42 Å². The van der Waals surface area contributed by atoms with E-state index < -0.39 is 10.1 Å². The van der Waals surface area contributed by atoms with Crippen molar-refractivity contribution in [3.63, 3.8) is 0 Å². The molecular weight excluding hydrogens is 358 g/mol. The molecule has 0 fully saturated rings. The summed E-state index contributed by atoms with van der Waals surface area (Å²) < 4.78 is 32.4. The van der Waals surface area contributed by atoms with Gasteiger partial charge in [0.05, 0.1) is 16.1 Å². The lowest BCUT2D eigenvalue weighted by Crippen LogP contribution is -1.98. The van der Waals surface area contributed by atoms with Crippen molar-refractivity contribution < 1.29 is 13.0 Å². The molecule has 0 radical (unpaired) electrons. The fraction of sp³-hybridized carbons (Fsp3) is 0.0455. The largest absolute Gasteiger partial charge is 0.294 e. The van der Waals surface area contributed by atoms with Crippen LogP contribution in [0.15, 0.2) is 77.7 Å². The lowest BCUT2D eigenvalue weighted by molar-refractivity contribution is 0.483. The van der Waals surface area contributed by atoms with Gasteiger partial charge in [-0.25, -0.2) is 0 Å². The van der Waals surface area contributed by atoms with Gasteiger partial charge in [0.1, 0.15) is 0 Å². The molecule has 1 N–H and O–H groups in total. The van der Waals surface area contributed by atoms with Crippen molar-refractivity contribution in [3.8, 4) is 22.3 Å². The monoisotopic (exact) mass is 373 g/mol. The molecule has 4 aromatic rings. The summed E-state index contributed by atoms with van der Waals surface area (Å²) in [6.07, 6.45) is 0.540. The molecule has 1 heterocycles. The van der Waals surface area contributed by atoms with E-state index in [0.29, 0.717) is 6.42 Å². The summed E-state index contributed by atoms with van der Waals surface area (Å²) in [5.41, 5.74) is 6.91. The number of pyridine rings is 1. The third-order valence-corrected chi connectivity index (χ3v) is 5.88. The quantitative estimate of drug-likeness (QED) is 0.455. The van der Waals surface area contributed by atoms with Crippen LogP contribution in [-0.4, -0.2) is 18.0 Å². The van der Waals surface area contributed by atoms with E-state index in [1.54, 1.807) is 12.1 Å². The molecule has 0 saturated carbocycles. The Morgan fingerprint density at radius 3 is 2.37 bits per heavy atom. The average Bonchev–Trinajstić information content (AvgIpc) is 3.03. The Bertz CT molecular complexity index is 1310. The second-order valence-corrected chi connectivity index (χ2v) is 8.08.